The summed E-state index contributed by atoms with van der Waals surface area (Å²) in [6.45, 7) is 7.96. The Kier molecular flexibility index (Phi) is 4.67. The third-order valence-electron chi connectivity index (χ3n) is 6.81. The van der Waals surface area contributed by atoms with E-state index >= 15 is 0 Å². The molecule has 2 N–H and O–H groups in total. The number of nitrogens with one attached hydrogen (secondary N) is 2. The molecule has 0 amide bonds. The van der Waals surface area contributed by atoms with Crippen LogP contribution in [0.2, 0.25) is 0 Å². The Balaban J connectivity index is 1.51. The van der Waals surface area contributed by atoms with Crippen molar-refractivity contribution in [1.82, 2.24) is 10.3 Å². The summed E-state index contributed by atoms with van der Waals surface area (Å²) in [6.07, 6.45) is 2.14. The van der Waals surface area contributed by atoms with E-state index in [1.54, 1.807) is 0 Å². The maximum Gasteiger partial charge on any atom is 0.0459 e. The number of hydrogen-bond acceptors (Lipinski definition) is 1. The molecule has 0 spiro atoms. The van der Waals surface area contributed by atoms with Crippen LogP contribution < -0.4 is 5.32 Å². The van der Waals surface area contributed by atoms with Gasteiger partial charge in [-0.05, 0) is 64.4 Å². The maximum absolute atomic E-state index is 3.86. The molecule has 3 aromatic carbocycles. The van der Waals surface area contributed by atoms with Gasteiger partial charge in [0.05, 0.1) is 0 Å². The SMILES string of the molecule is CC(C)c1ccc2[nH]c3c(c2c1)CCNC([C@H](C)c1cccc2ccccc12)C3. The van der Waals surface area contributed by atoms with Crippen LogP contribution in [-0.2, 0) is 12.8 Å². The molecule has 1 aliphatic rings. The Morgan fingerprint density at radius 2 is 1.72 bits per heavy atom. The molecule has 0 bridgehead atoms. The van der Waals surface area contributed by atoms with Gasteiger partial charge in [0.15, 0.2) is 0 Å². The van der Waals surface area contributed by atoms with Crippen LogP contribution in [-0.4, -0.2) is 17.6 Å². The van der Waals surface area contributed by atoms with Crippen molar-refractivity contribution in [3.05, 3.63) is 83.0 Å². The van der Waals surface area contributed by atoms with Crippen molar-refractivity contribution in [2.24, 2.45) is 0 Å². The minimum absolute atomic E-state index is 0.430. The number of rotatable bonds is 3. The third-order valence-corrected chi connectivity index (χ3v) is 6.81. The standard InChI is InChI=1S/C27H30N2/c1-17(2)20-11-12-25-24(15-20)23-13-14-28-26(16-27(23)29-25)18(3)21-10-6-8-19-7-4-5-9-22(19)21/h4-12,15,17-18,26,28-29H,13-14,16H2,1-3H3/t18-,26?/m1/s1. The van der Waals surface area contributed by atoms with E-state index in [4.69, 9.17) is 0 Å². The molecule has 2 atom stereocenters. The lowest BCUT2D eigenvalue weighted by Crippen LogP contribution is -2.35. The van der Waals surface area contributed by atoms with Crippen molar-refractivity contribution >= 4 is 21.7 Å². The molecule has 1 aromatic heterocycles. The molecule has 4 aromatic rings. The summed E-state index contributed by atoms with van der Waals surface area (Å²) in [6, 6.07) is 22.9. The summed E-state index contributed by atoms with van der Waals surface area (Å²) in [5, 5.41) is 8.00. The van der Waals surface area contributed by atoms with Gasteiger partial charge in [0, 0.05) is 29.1 Å². The van der Waals surface area contributed by atoms with Crippen LogP contribution in [0.4, 0.5) is 0 Å². The van der Waals surface area contributed by atoms with Crippen molar-refractivity contribution in [1.29, 1.82) is 0 Å². The van der Waals surface area contributed by atoms with Gasteiger partial charge in [-0.1, -0.05) is 69.3 Å². The minimum Gasteiger partial charge on any atom is -0.358 e. The lowest BCUT2D eigenvalue weighted by molar-refractivity contribution is 0.460. The lowest BCUT2D eigenvalue weighted by atomic mass is 9.87. The van der Waals surface area contributed by atoms with E-state index in [1.807, 2.05) is 0 Å². The van der Waals surface area contributed by atoms with Crippen molar-refractivity contribution in [2.75, 3.05) is 6.54 Å². The maximum atomic E-state index is 3.86. The van der Waals surface area contributed by atoms with E-state index in [1.165, 1.54) is 44.1 Å². The fourth-order valence-electron chi connectivity index (χ4n) is 5.03. The summed E-state index contributed by atoms with van der Waals surface area (Å²) in [5.41, 5.74) is 7.10. The first-order valence-electron chi connectivity index (χ1n) is 11.0. The molecule has 1 aliphatic heterocycles. The van der Waals surface area contributed by atoms with Crippen LogP contribution >= 0.6 is 0 Å². The number of aromatic amines is 1. The number of H-pyrrole nitrogens is 1. The number of aromatic nitrogens is 1. The first-order chi connectivity index (χ1) is 14.1. The van der Waals surface area contributed by atoms with Crippen LogP contribution in [0.25, 0.3) is 21.7 Å². The summed E-state index contributed by atoms with van der Waals surface area (Å²) < 4.78 is 0. The average Bonchev–Trinajstić information content (AvgIpc) is 2.94. The lowest BCUT2D eigenvalue weighted by Gasteiger charge is -2.25. The van der Waals surface area contributed by atoms with Gasteiger partial charge in [-0.15, -0.1) is 0 Å². The minimum atomic E-state index is 0.430. The molecule has 29 heavy (non-hydrogen) atoms. The van der Waals surface area contributed by atoms with Gasteiger partial charge in [0.2, 0.25) is 0 Å². The highest BCUT2D eigenvalue weighted by Crippen LogP contribution is 2.33. The van der Waals surface area contributed by atoms with E-state index < -0.39 is 0 Å². The third kappa shape index (κ3) is 3.26. The molecular formula is C27H30N2. The molecule has 0 saturated heterocycles. The Bertz CT molecular complexity index is 1160. The Morgan fingerprint density at radius 3 is 2.59 bits per heavy atom. The van der Waals surface area contributed by atoms with Crippen LogP contribution in [0.5, 0.6) is 0 Å². The average molecular weight is 383 g/mol. The first-order valence-corrected chi connectivity index (χ1v) is 11.0. The zero-order chi connectivity index (χ0) is 20.0. The topological polar surface area (TPSA) is 27.8 Å². The van der Waals surface area contributed by atoms with Crippen molar-refractivity contribution in [3.8, 4) is 0 Å². The molecular weight excluding hydrogens is 352 g/mol. The highest BCUT2D eigenvalue weighted by atomic mass is 14.9. The second-order valence-electron chi connectivity index (χ2n) is 8.91. The van der Waals surface area contributed by atoms with Crippen molar-refractivity contribution < 1.29 is 0 Å². The highest BCUT2D eigenvalue weighted by Gasteiger charge is 2.26. The molecule has 148 valence electrons. The number of hydrogen-bond donors (Lipinski definition) is 2. The largest absolute Gasteiger partial charge is 0.358 e. The summed E-state index contributed by atoms with van der Waals surface area (Å²) in [4.78, 5) is 3.76. The van der Waals surface area contributed by atoms with E-state index in [9.17, 15) is 0 Å². The summed E-state index contributed by atoms with van der Waals surface area (Å²) in [7, 11) is 0. The summed E-state index contributed by atoms with van der Waals surface area (Å²) in [5.74, 6) is 1.01. The van der Waals surface area contributed by atoms with Gasteiger partial charge in [0.25, 0.3) is 0 Å². The predicted octanol–water partition coefficient (Wildman–Crippen LogP) is 6.31. The monoisotopic (exact) mass is 382 g/mol. The second-order valence-corrected chi connectivity index (χ2v) is 8.91. The van der Waals surface area contributed by atoms with E-state index in [0.717, 1.165) is 19.4 Å². The molecule has 2 heterocycles. The first kappa shape index (κ1) is 18.4. The van der Waals surface area contributed by atoms with Crippen LogP contribution in [0.1, 0.15) is 55.0 Å². The van der Waals surface area contributed by atoms with Crippen molar-refractivity contribution in [3.63, 3.8) is 0 Å². The normalized spacial score (nSPS) is 18.1. The fourth-order valence-corrected chi connectivity index (χ4v) is 5.03. The van der Waals surface area contributed by atoms with Gasteiger partial charge >= 0.3 is 0 Å². The van der Waals surface area contributed by atoms with E-state index in [2.05, 4.69) is 91.7 Å². The van der Waals surface area contributed by atoms with Gasteiger partial charge in [-0.25, -0.2) is 0 Å². The number of benzene rings is 3. The summed E-state index contributed by atoms with van der Waals surface area (Å²) >= 11 is 0. The highest BCUT2D eigenvalue weighted by molar-refractivity contribution is 5.87. The van der Waals surface area contributed by atoms with Crippen LogP contribution in [0, 0.1) is 0 Å². The molecule has 5 rings (SSSR count). The van der Waals surface area contributed by atoms with Crippen LogP contribution in [0.3, 0.4) is 0 Å². The molecule has 1 unspecified atom stereocenters. The zero-order valence-corrected chi connectivity index (χ0v) is 17.6. The Morgan fingerprint density at radius 1 is 0.897 bits per heavy atom. The second kappa shape index (κ2) is 7.35. The van der Waals surface area contributed by atoms with Gasteiger partial charge in [0.1, 0.15) is 0 Å². The van der Waals surface area contributed by atoms with Gasteiger partial charge < -0.3 is 10.3 Å². The fraction of sp³-hybridized carbons (Fsp3) is 0.333. The molecule has 0 fully saturated rings. The molecule has 0 saturated carbocycles. The van der Waals surface area contributed by atoms with Gasteiger partial charge in [-0.3, -0.25) is 0 Å². The van der Waals surface area contributed by atoms with E-state index in [-0.39, 0.29) is 0 Å². The smallest absolute Gasteiger partial charge is 0.0459 e. The Hall–Kier alpha value is -2.58. The Labute approximate surface area is 173 Å². The quantitative estimate of drug-likeness (QED) is 0.427. The number of fused-ring (bicyclic) bond motifs is 4. The molecule has 0 radical (unpaired) electrons. The molecule has 2 nitrogen and oxygen atoms in total. The van der Waals surface area contributed by atoms with E-state index in [0.29, 0.717) is 17.9 Å². The van der Waals surface area contributed by atoms with Gasteiger partial charge in [-0.2, -0.15) is 0 Å². The molecule has 2 heteroatoms. The van der Waals surface area contributed by atoms with Crippen molar-refractivity contribution in [2.45, 2.75) is 51.5 Å². The zero-order valence-electron chi connectivity index (χ0n) is 17.6. The molecule has 0 aliphatic carbocycles. The van der Waals surface area contributed by atoms with Crippen LogP contribution in [0.15, 0.2) is 60.7 Å². The predicted molar refractivity (Wildman–Crippen MR) is 124 cm³/mol.